The van der Waals surface area contributed by atoms with Crippen LogP contribution in [0.15, 0.2) is 61.1 Å². The number of nitrogens with one attached hydrogen (secondary N) is 2. The molecule has 1 unspecified atom stereocenters. The highest BCUT2D eigenvalue weighted by molar-refractivity contribution is 6.08. The summed E-state index contributed by atoms with van der Waals surface area (Å²) in [6.45, 7) is 8.11. The van der Waals surface area contributed by atoms with Crippen LogP contribution < -0.4 is 26.2 Å². The maximum atomic E-state index is 13.5. The molecule has 10 nitrogen and oxygen atoms in total. The van der Waals surface area contributed by atoms with E-state index in [9.17, 15) is 9.59 Å². The molecule has 1 aliphatic rings. The number of hydrogen-bond donors (Lipinski definition) is 3. The number of nitrogens with two attached hydrogens (primary N) is 1. The van der Waals surface area contributed by atoms with Crippen molar-refractivity contribution in [2.24, 2.45) is 5.73 Å². The number of anilines is 3. The fraction of sp³-hybridized carbons (Fsp3) is 0.357. The average Bonchev–Trinajstić information content (AvgIpc) is 2.90. The van der Waals surface area contributed by atoms with Gasteiger partial charge in [0.05, 0.1) is 12.2 Å². The van der Waals surface area contributed by atoms with Gasteiger partial charge < -0.3 is 26.0 Å². The largest absolute Gasteiger partial charge is 0.358 e. The number of morpholine rings is 1. The van der Waals surface area contributed by atoms with Crippen LogP contribution in [0.2, 0.25) is 0 Å². The van der Waals surface area contributed by atoms with Gasteiger partial charge in [0.25, 0.3) is 11.8 Å². The Labute approximate surface area is 223 Å². The predicted molar refractivity (Wildman–Crippen MR) is 149 cm³/mol. The minimum Gasteiger partial charge on any atom is -0.358 e. The molecule has 0 radical (unpaired) electrons. The smallest absolute Gasteiger partial charge is 0.260 e. The molecule has 1 aliphatic heterocycles. The van der Waals surface area contributed by atoms with Crippen LogP contribution in [-0.4, -0.2) is 66.8 Å². The number of pyridine rings is 2. The van der Waals surface area contributed by atoms with E-state index in [1.165, 1.54) is 0 Å². The van der Waals surface area contributed by atoms with E-state index in [2.05, 4.69) is 20.6 Å². The number of likely N-dealkylation sites (N-methyl/N-ethyl adjacent to an activating group) is 1. The van der Waals surface area contributed by atoms with E-state index in [0.717, 1.165) is 17.9 Å². The standard InChI is InChI=1S/C28H35N7O3/c1-19-5-7-22(35(25-17-31-13-14-38-25)27(37)20-9-11-30-12-10-20)15-23(19)33-26(36)21-6-8-24(32-16-21)34(4)18-28(2,3)29/h5-12,15-16,25,31H,13-14,17-18,29H2,1-4H3,(H,33,36). The molecule has 1 aromatic carbocycles. The van der Waals surface area contributed by atoms with Crippen molar-refractivity contribution >= 4 is 29.0 Å². The van der Waals surface area contributed by atoms with E-state index >= 15 is 0 Å². The molecule has 0 spiro atoms. The van der Waals surface area contributed by atoms with Crippen LogP contribution in [0.25, 0.3) is 0 Å². The van der Waals surface area contributed by atoms with Crippen LogP contribution in [0.5, 0.6) is 0 Å². The molecule has 2 aromatic heterocycles. The predicted octanol–water partition coefficient (Wildman–Crippen LogP) is 2.80. The molecular weight excluding hydrogens is 482 g/mol. The monoisotopic (exact) mass is 517 g/mol. The highest BCUT2D eigenvalue weighted by Gasteiger charge is 2.29. The second-order valence-corrected chi connectivity index (χ2v) is 10.1. The Balaban J connectivity index is 1.56. The van der Waals surface area contributed by atoms with E-state index in [4.69, 9.17) is 10.5 Å². The minimum atomic E-state index is -0.497. The number of aryl methyl sites for hydroxylation is 1. The number of hydrogen-bond acceptors (Lipinski definition) is 8. The van der Waals surface area contributed by atoms with Crippen molar-refractivity contribution in [3.05, 3.63) is 77.7 Å². The Bertz CT molecular complexity index is 1250. The Hall–Kier alpha value is -3.86. The zero-order valence-electron chi connectivity index (χ0n) is 22.3. The summed E-state index contributed by atoms with van der Waals surface area (Å²) in [5.74, 6) is 0.213. The van der Waals surface area contributed by atoms with E-state index < -0.39 is 6.23 Å². The lowest BCUT2D eigenvalue weighted by atomic mass is 10.1. The molecule has 4 rings (SSSR count). The number of ether oxygens (including phenoxy) is 1. The summed E-state index contributed by atoms with van der Waals surface area (Å²) in [7, 11) is 1.91. The molecule has 4 N–H and O–H groups in total. The van der Waals surface area contributed by atoms with Crippen LogP contribution in [0.4, 0.5) is 17.2 Å². The van der Waals surface area contributed by atoms with Crippen molar-refractivity contribution < 1.29 is 14.3 Å². The van der Waals surface area contributed by atoms with Crippen LogP contribution >= 0.6 is 0 Å². The van der Waals surface area contributed by atoms with Crippen molar-refractivity contribution in [3.8, 4) is 0 Å². The zero-order valence-corrected chi connectivity index (χ0v) is 22.3. The Morgan fingerprint density at radius 1 is 1.16 bits per heavy atom. The van der Waals surface area contributed by atoms with Gasteiger partial charge in [0, 0.05) is 67.7 Å². The summed E-state index contributed by atoms with van der Waals surface area (Å²) in [6, 6.07) is 12.4. The summed E-state index contributed by atoms with van der Waals surface area (Å²) in [6.07, 6.45) is 4.22. The van der Waals surface area contributed by atoms with Crippen molar-refractivity contribution in [2.75, 3.05) is 48.4 Å². The first kappa shape index (κ1) is 27.2. The number of carbonyl (C=O) groups is 2. The van der Waals surface area contributed by atoms with E-state index in [-0.39, 0.29) is 17.4 Å². The van der Waals surface area contributed by atoms with Gasteiger partial charge >= 0.3 is 0 Å². The molecule has 200 valence electrons. The molecule has 2 amide bonds. The summed E-state index contributed by atoms with van der Waals surface area (Å²) in [5.41, 5.74) is 8.71. The summed E-state index contributed by atoms with van der Waals surface area (Å²) in [5, 5.41) is 6.25. The van der Waals surface area contributed by atoms with E-state index in [0.29, 0.717) is 42.2 Å². The second kappa shape index (κ2) is 11.7. The van der Waals surface area contributed by atoms with Gasteiger partial charge in [0.2, 0.25) is 0 Å². The first-order valence-electron chi connectivity index (χ1n) is 12.6. The quantitative estimate of drug-likeness (QED) is 0.417. The fourth-order valence-corrected chi connectivity index (χ4v) is 4.29. The van der Waals surface area contributed by atoms with Gasteiger partial charge in [-0.3, -0.25) is 19.5 Å². The molecule has 3 aromatic rings. The van der Waals surface area contributed by atoms with Crippen LogP contribution in [0.1, 0.15) is 40.1 Å². The molecule has 0 bridgehead atoms. The minimum absolute atomic E-state index is 0.216. The van der Waals surface area contributed by atoms with Crippen LogP contribution in [0, 0.1) is 6.92 Å². The number of carbonyl (C=O) groups excluding carboxylic acids is 2. The molecule has 10 heteroatoms. The Morgan fingerprint density at radius 2 is 1.92 bits per heavy atom. The highest BCUT2D eigenvalue weighted by Crippen LogP contribution is 2.28. The van der Waals surface area contributed by atoms with Gasteiger partial charge in [-0.15, -0.1) is 0 Å². The molecule has 1 saturated heterocycles. The molecule has 38 heavy (non-hydrogen) atoms. The SMILES string of the molecule is Cc1ccc(N(C(=O)c2ccncc2)C2CNCCO2)cc1NC(=O)c1ccc(N(C)CC(C)(C)N)nc1. The molecule has 1 fully saturated rings. The summed E-state index contributed by atoms with van der Waals surface area (Å²) >= 11 is 0. The third-order valence-electron chi connectivity index (χ3n) is 6.14. The first-order valence-corrected chi connectivity index (χ1v) is 12.6. The zero-order chi connectivity index (χ0) is 27.3. The number of aromatic nitrogens is 2. The van der Waals surface area contributed by atoms with Gasteiger partial charge in [-0.2, -0.15) is 0 Å². The molecule has 1 atom stereocenters. The second-order valence-electron chi connectivity index (χ2n) is 10.1. The van der Waals surface area contributed by atoms with Gasteiger partial charge in [0.15, 0.2) is 0 Å². The highest BCUT2D eigenvalue weighted by atomic mass is 16.5. The molecular formula is C28H35N7O3. The number of nitrogens with zero attached hydrogens (tertiary/aromatic N) is 4. The first-order chi connectivity index (χ1) is 18.1. The van der Waals surface area contributed by atoms with Crippen LogP contribution in [-0.2, 0) is 4.74 Å². The van der Waals surface area contributed by atoms with Gasteiger partial charge in [0.1, 0.15) is 12.0 Å². The van der Waals surface area contributed by atoms with Gasteiger partial charge in [-0.05, 0) is 62.7 Å². The lowest BCUT2D eigenvalue weighted by molar-refractivity contribution is 0.0255. The van der Waals surface area contributed by atoms with Gasteiger partial charge in [-0.1, -0.05) is 6.07 Å². The van der Waals surface area contributed by atoms with Crippen LogP contribution in [0.3, 0.4) is 0 Å². The maximum Gasteiger partial charge on any atom is 0.260 e. The Morgan fingerprint density at radius 3 is 2.55 bits per heavy atom. The van der Waals surface area contributed by atoms with Crippen molar-refractivity contribution in [1.29, 1.82) is 0 Å². The summed E-state index contributed by atoms with van der Waals surface area (Å²) < 4.78 is 5.94. The number of rotatable bonds is 8. The third kappa shape index (κ3) is 6.71. The summed E-state index contributed by atoms with van der Waals surface area (Å²) in [4.78, 5) is 38.7. The number of benzene rings is 1. The normalized spacial score (nSPS) is 15.6. The van der Waals surface area contributed by atoms with Crippen molar-refractivity contribution in [3.63, 3.8) is 0 Å². The lowest BCUT2D eigenvalue weighted by Gasteiger charge is -2.35. The third-order valence-corrected chi connectivity index (χ3v) is 6.14. The lowest BCUT2D eigenvalue weighted by Crippen LogP contribution is -2.52. The maximum absolute atomic E-state index is 13.5. The molecule has 3 heterocycles. The van der Waals surface area contributed by atoms with E-state index in [1.807, 2.05) is 44.9 Å². The topological polar surface area (TPSA) is 126 Å². The fourth-order valence-electron chi connectivity index (χ4n) is 4.29. The van der Waals surface area contributed by atoms with Crippen molar-refractivity contribution in [1.82, 2.24) is 15.3 Å². The number of amides is 2. The van der Waals surface area contributed by atoms with E-state index in [1.54, 1.807) is 53.8 Å². The molecule has 0 saturated carbocycles. The Kier molecular flexibility index (Phi) is 8.35. The molecule has 0 aliphatic carbocycles. The van der Waals surface area contributed by atoms with Gasteiger partial charge in [-0.25, -0.2) is 4.98 Å². The average molecular weight is 518 g/mol. The van der Waals surface area contributed by atoms with Crippen molar-refractivity contribution in [2.45, 2.75) is 32.5 Å².